The van der Waals surface area contributed by atoms with Crippen molar-refractivity contribution in [3.05, 3.63) is 23.8 Å². The highest BCUT2D eigenvalue weighted by Crippen LogP contribution is 2.37. The third-order valence-corrected chi connectivity index (χ3v) is 10.3. The lowest BCUT2D eigenvalue weighted by molar-refractivity contribution is 0.0415. The van der Waals surface area contributed by atoms with Crippen molar-refractivity contribution in [3.63, 3.8) is 0 Å². The molecule has 0 unspecified atom stereocenters. The van der Waals surface area contributed by atoms with Crippen molar-refractivity contribution in [2.75, 3.05) is 36.5 Å². The predicted octanol–water partition coefficient (Wildman–Crippen LogP) is 4.06. The molecule has 0 aromatic heterocycles. The first-order valence-corrected chi connectivity index (χ1v) is 13.0. The van der Waals surface area contributed by atoms with Gasteiger partial charge < -0.3 is 19.3 Å². The molecule has 0 spiro atoms. The maximum atomic E-state index is 14.8. The molecule has 2 aliphatic heterocycles. The molecule has 176 valence electrons. The van der Waals surface area contributed by atoms with Crippen molar-refractivity contribution in [2.24, 2.45) is 5.16 Å². The fourth-order valence-corrected chi connectivity index (χ4v) is 3.55. The van der Waals surface area contributed by atoms with Gasteiger partial charge in [-0.3, -0.25) is 9.80 Å². The number of anilines is 2. The summed E-state index contributed by atoms with van der Waals surface area (Å²) in [5, 5.41) is 13.2. The van der Waals surface area contributed by atoms with Gasteiger partial charge in [0.2, 0.25) is 0 Å². The number of nitrogens with zero attached hydrogens (tertiary/aromatic N) is 4. The minimum absolute atomic E-state index is 0.0104. The Balaban J connectivity index is 1.70. The summed E-state index contributed by atoms with van der Waals surface area (Å²) < 4.78 is 40.3. The van der Waals surface area contributed by atoms with E-state index in [1.54, 1.807) is 0 Å². The zero-order valence-corrected chi connectivity index (χ0v) is 20.0. The summed E-state index contributed by atoms with van der Waals surface area (Å²) in [5.41, 5.74) is 0.429. The Morgan fingerprint density at radius 2 is 1.84 bits per heavy atom. The monoisotopic (exact) mass is 470 g/mol. The average molecular weight is 471 g/mol. The fourth-order valence-electron chi connectivity index (χ4n) is 2.92. The van der Waals surface area contributed by atoms with Crippen LogP contribution in [0.4, 0.5) is 29.7 Å². The highest BCUT2D eigenvalue weighted by molar-refractivity contribution is 6.74. The number of rotatable bonds is 5. The van der Waals surface area contributed by atoms with Crippen molar-refractivity contribution in [3.8, 4) is 0 Å². The third kappa shape index (κ3) is 4.50. The molecule has 1 N–H and O–H groups in total. The van der Waals surface area contributed by atoms with Crippen LogP contribution in [0, 0.1) is 11.6 Å². The molecule has 1 atom stereocenters. The fraction of sp³-hybridized carbons (Fsp3) is 0.550. The average Bonchev–Trinajstić information content (AvgIpc) is 3.01. The number of hydrogen-bond donors (Lipinski definition) is 1. The summed E-state index contributed by atoms with van der Waals surface area (Å²) in [7, 11) is -0.825. The Bertz CT molecular complexity index is 935. The second kappa shape index (κ2) is 8.23. The van der Waals surface area contributed by atoms with Crippen LogP contribution in [0.1, 0.15) is 20.8 Å². The van der Waals surface area contributed by atoms with E-state index < -0.39 is 38.4 Å². The van der Waals surface area contributed by atoms with Gasteiger partial charge in [-0.1, -0.05) is 20.8 Å². The van der Waals surface area contributed by atoms with Crippen LogP contribution < -0.4 is 9.80 Å². The number of carbonyl (C=O) groups excluding carboxylic acids is 1. The highest BCUT2D eigenvalue weighted by Gasteiger charge is 2.41. The van der Waals surface area contributed by atoms with Gasteiger partial charge in [0.25, 0.3) is 8.32 Å². The van der Waals surface area contributed by atoms with E-state index in [2.05, 4.69) is 39.0 Å². The molecule has 1 aromatic rings. The minimum Gasteiger partial charge on any atom is -0.465 e. The summed E-state index contributed by atoms with van der Waals surface area (Å²) in [5.74, 6) is -1.68. The maximum absolute atomic E-state index is 14.8. The zero-order chi connectivity index (χ0) is 24.0. The summed E-state index contributed by atoms with van der Waals surface area (Å²) >= 11 is 0. The van der Waals surface area contributed by atoms with Gasteiger partial charge in [-0.15, -0.1) is 5.16 Å². The van der Waals surface area contributed by atoms with Crippen LogP contribution in [0.15, 0.2) is 17.3 Å². The smallest absolute Gasteiger partial charge is 0.416 e. The molecule has 0 aliphatic carbocycles. The first-order valence-electron chi connectivity index (χ1n) is 10.1. The van der Waals surface area contributed by atoms with E-state index in [1.807, 2.05) is 0 Å². The van der Waals surface area contributed by atoms with Gasteiger partial charge in [-0.25, -0.2) is 18.4 Å². The summed E-state index contributed by atoms with van der Waals surface area (Å²) in [6.45, 7) is 10.7. The predicted molar refractivity (Wildman–Crippen MR) is 118 cm³/mol. The van der Waals surface area contributed by atoms with Crippen molar-refractivity contribution < 1.29 is 32.7 Å². The summed E-state index contributed by atoms with van der Waals surface area (Å²) in [4.78, 5) is 26.4. The van der Waals surface area contributed by atoms with Gasteiger partial charge in [0.05, 0.1) is 31.0 Å². The van der Waals surface area contributed by atoms with Crippen molar-refractivity contribution >= 4 is 37.6 Å². The lowest BCUT2D eigenvalue weighted by Gasteiger charge is -2.37. The molecule has 0 radical (unpaired) electrons. The number of benzene rings is 1. The Kier molecular flexibility index (Phi) is 6.11. The van der Waals surface area contributed by atoms with E-state index in [1.165, 1.54) is 11.9 Å². The molecule has 2 saturated heterocycles. The Morgan fingerprint density at radius 1 is 1.28 bits per heavy atom. The zero-order valence-electron chi connectivity index (χ0n) is 19.0. The molecule has 12 heteroatoms. The van der Waals surface area contributed by atoms with Crippen LogP contribution in [0.25, 0.3) is 0 Å². The first-order chi connectivity index (χ1) is 14.7. The molecular weight excluding hydrogens is 442 g/mol. The SMILES string of the molecule is CN(C(=O)O)[C@@H]1CN(c2cc(F)c(N3CC(=NO[Si](C)(C)C(C)(C)C)C3)c(F)c2)C(=O)O1. The molecule has 3 rings (SSSR count). The third-order valence-electron chi connectivity index (χ3n) is 6.12. The van der Waals surface area contributed by atoms with E-state index in [0.29, 0.717) is 5.71 Å². The lowest BCUT2D eigenvalue weighted by Crippen LogP contribution is -2.49. The second-order valence-electron chi connectivity index (χ2n) is 9.47. The van der Waals surface area contributed by atoms with Crippen molar-refractivity contribution in [2.45, 2.75) is 45.1 Å². The number of halogens is 2. The van der Waals surface area contributed by atoms with Crippen LogP contribution in [-0.2, 0) is 9.26 Å². The lowest BCUT2D eigenvalue weighted by atomic mass is 10.1. The molecule has 1 aromatic carbocycles. The van der Waals surface area contributed by atoms with Gasteiger partial charge in [0.15, 0.2) is 17.9 Å². The largest absolute Gasteiger partial charge is 0.465 e. The van der Waals surface area contributed by atoms with Gasteiger partial charge >= 0.3 is 12.2 Å². The van der Waals surface area contributed by atoms with Crippen LogP contribution in [0.3, 0.4) is 0 Å². The number of ether oxygens (including phenoxy) is 1. The van der Waals surface area contributed by atoms with Crippen LogP contribution in [0.2, 0.25) is 18.1 Å². The molecule has 32 heavy (non-hydrogen) atoms. The minimum atomic E-state index is -2.07. The number of likely N-dealkylation sites (N-methyl/N-ethyl adjacent to an activating group) is 1. The topological polar surface area (TPSA) is 94.9 Å². The molecule has 0 bridgehead atoms. The number of carbonyl (C=O) groups is 2. The van der Waals surface area contributed by atoms with E-state index in [0.717, 1.165) is 21.9 Å². The van der Waals surface area contributed by atoms with Gasteiger partial charge in [-0.05, 0) is 18.1 Å². The second-order valence-corrected chi connectivity index (χ2v) is 14.2. The number of hydrogen-bond acceptors (Lipinski definition) is 6. The van der Waals surface area contributed by atoms with E-state index >= 15 is 0 Å². The number of amides is 2. The Hall–Kier alpha value is -2.89. The normalized spacial score (nSPS) is 18.9. The maximum Gasteiger partial charge on any atom is 0.416 e. The standard InChI is InChI=1S/C20H28F2N4O5Si/c1-20(2,3)32(5,6)31-23-12-9-25(10-12)17-14(21)7-13(8-15(17)22)26-11-16(30-19(26)29)24(4)18(27)28/h7-8,16H,9-11H2,1-6H3,(H,27,28)/t16-/m0/s1. The molecular formula is C20H28F2N4O5Si. The Labute approximate surface area is 186 Å². The first kappa shape index (κ1) is 23.8. The number of oxime groups is 1. The summed E-state index contributed by atoms with van der Waals surface area (Å²) in [6, 6.07) is 2.06. The van der Waals surface area contributed by atoms with Crippen molar-refractivity contribution in [1.29, 1.82) is 0 Å². The van der Waals surface area contributed by atoms with E-state index in [4.69, 9.17) is 14.4 Å². The molecule has 2 fully saturated rings. The Morgan fingerprint density at radius 3 is 2.34 bits per heavy atom. The van der Waals surface area contributed by atoms with Crippen LogP contribution in [-0.4, -0.2) is 69.1 Å². The van der Waals surface area contributed by atoms with Gasteiger partial charge in [-0.2, -0.15) is 0 Å². The van der Waals surface area contributed by atoms with Crippen molar-refractivity contribution in [1.82, 2.24) is 4.90 Å². The molecule has 0 saturated carbocycles. The van der Waals surface area contributed by atoms with Gasteiger partial charge in [0, 0.05) is 19.2 Å². The molecule has 9 nitrogen and oxygen atoms in total. The van der Waals surface area contributed by atoms with Crippen LogP contribution >= 0.6 is 0 Å². The number of cyclic esters (lactones) is 1. The van der Waals surface area contributed by atoms with E-state index in [-0.39, 0.29) is 36.0 Å². The number of carboxylic acid groups (broad SMARTS) is 1. The molecule has 2 heterocycles. The summed E-state index contributed by atoms with van der Waals surface area (Å²) in [6.07, 6.45) is -3.23. The highest BCUT2D eigenvalue weighted by atomic mass is 28.4. The van der Waals surface area contributed by atoms with Gasteiger partial charge in [0.1, 0.15) is 5.69 Å². The van der Waals surface area contributed by atoms with E-state index in [9.17, 15) is 18.4 Å². The molecule has 2 aliphatic rings. The van der Waals surface area contributed by atoms with Crippen LogP contribution in [0.5, 0.6) is 0 Å². The molecule has 2 amide bonds. The quantitative estimate of drug-likeness (QED) is 0.515.